The lowest BCUT2D eigenvalue weighted by molar-refractivity contribution is 0.134. The fourth-order valence-electron chi connectivity index (χ4n) is 1.45. The van der Waals surface area contributed by atoms with Crippen molar-refractivity contribution in [1.29, 1.82) is 0 Å². The molecular formula is C11H21N3OS. The van der Waals surface area contributed by atoms with Gasteiger partial charge in [-0.15, -0.1) is 11.3 Å². The van der Waals surface area contributed by atoms with Gasteiger partial charge in [-0.2, -0.15) is 0 Å². The van der Waals surface area contributed by atoms with Gasteiger partial charge in [-0.25, -0.2) is 4.98 Å². The topological polar surface area (TPSA) is 48.4 Å². The van der Waals surface area contributed by atoms with Crippen LogP contribution in [-0.4, -0.2) is 48.3 Å². The smallest absolute Gasteiger partial charge is 0.0926 e. The van der Waals surface area contributed by atoms with Crippen molar-refractivity contribution in [3.8, 4) is 0 Å². The van der Waals surface area contributed by atoms with Gasteiger partial charge in [0.25, 0.3) is 0 Å². The van der Waals surface area contributed by atoms with Crippen molar-refractivity contribution in [2.45, 2.75) is 26.0 Å². The zero-order valence-corrected chi connectivity index (χ0v) is 11.0. The average Bonchev–Trinajstić information content (AvgIpc) is 2.64. The minimum atomic E-state index is -0.320. The lowest BCUT2D eigenvalue weighted by atomic mass is 10.3. The van der Waals surface area contributed by atoms with Gasteiger partial charge in [-0.1, -0.05) is 6.92 Å². The van der Waals surface area contributed by atoms with Crippen LogP contribution in [0.1, 0.15) is 17.6 Å². The summed E-state index contributed by atoms with van der Waals surface area (Å²) in [5.41, 5.74) is 1.07. The molecule has 0 aliphatic rings. The first-order chi connectivity index (χ1) is 7.61. The summed E-state index contributed by atoms with van der Waals surface area (Å²) in [5.74, 6) is 0. The van der Waals surface area contributed by atoms with Crippen molar-refractivity contribution in [3.63, 3.8) is 0 Å². The number of thiazole rings is 1. The van der Waals surface area contributed by atoms with Crippen LogP contribution in [0.15, 0.2) is 5.38 Å². The maximum absolute atomic E-state index is 9.63. The van der Waals surface area contributed by atoms with E-state index in [2.05, 4.69) is 22.6 Å². The second-order valence-corrected chi connectivity index (χ2v) is 5.08. The molecule has 5 heteroatoms. The molecule has 1 unspecified atom stereocenters. The van der Waals surface area contributed by atoms with E-state index in [1.54, 1.807) is 11.3 Å². The summed E-state index contributed by atoms with van der Waals surface area (Å²) in [5, 5.41) is 16.1. The molecule has 0 aromatic carbocycles. The molecule has 1 aromatic rings. The van der Waals surface area contributed by atoms with E-state index in [0.29, 0.717) is 13.1 Å². The second-order valence-electron chi connectivity index (χ2n) is 4.13. The molecule has 0 radical (unpaired) electrons. The Balaban J connectivity index is 2.19. The number of aromatic nitrogens is 1. The Bertz CT molecular complexity index is 301. The molecule has 4 nitrogen and oxygen atoms in total. The van der Waals surface area contributed by atoms with Crippen LogP contribution in [0.4, 0.5) is 0 Å². The Labute approximate surface area is 101 Å². The number of nitrogens with zero attached hydrogens (tertiary/aromatic N) is 2. The van der Waals surface area contributed by atoms with E-state index in [0.717, 1.165) is 18.7 Å². The van der Waals surface area contributed by atoms with E-state index in [1.165, 1.54) is 5.01 Å². The number of aliphatic hydroxyl groups excluding tert-OH is 1. The Kier molecular flexibility index (Phi) is 5.90. The molecule has 0 bridgehead atoms. The van der Waals surface area contributed by atoms with Crippen LogP contribution in [0.2, 0.25) is 0 Å². The molecule has 16 heavy (non-hydrogen) atoms. The Hall–Kier alpha value is -0.490. The molecule has 0 saturated carbocycles. The van der Waals surface area contributed by atoms with Gasteiger partial charge in [0.2, 0.25) is 0 Å². The summed E-state index contributed by atoms with van der Waals surface area (Å²) < 4.78 is 0. The first-order valence-electron chi connectivity index (χ1n) is 5.58. The van der Waals surface area contributed by atoms with Gasteiger partial charge >= 0.3 is 0 Å². The van der Waals surface area contributed by atoms with Crippen LogP contribution in [0.3, 0.4) is 0 Å². The third-order valence-corrected chi connectivity index (χ3v) is 3.21. The standard InChI is InChI=1S/C11H21N3OS/c1-4-11-13-9(8-16-11)5-12-6-10(15)7-14(2)3/h8,10,12,15H,4-7H2,1-3H3. The maximum atomic E-state index is 9.63. The summed E-state index contributed by atoms with van der Waals surface area (Å²) in [4.78, 5) is 6.43. The van der Waals surface area contributed by atoms with Crippen molar-refractivity contribution in [2.24, 2.45) is 0 Å². The van der Waals surface area contributed by atoms with E-state index < -0.39 is 0 Å². The van der Waals surface area contributed by atoms with E-state index in [4.69, 9.17) is 0 Å². The molecule has 0 spiro atoms. The molecule has 0 aliphatic carbocycles. The first kappa shape index (κ1) is 13.6. The van der Waals surface area contributed by atoms with Crippen LogP contribution in [0.5, 0.6) is 0 Å². The lowest BCUT2D eigenvalue weighted by Gasteiger charge is -2.15. The zero-order chi connectivity index (χ0) is 12.0. The molecule has 0 saturated heterocycles. The van der Waals surface area contributed by atoms with Crippen molar-refractivity contribution >= 4 is 11.3 Å². The summed E-state index contributed by atoms with van der Waals surface area (Å²) in [6.45, 7) is 4.14. The van der Waals surface area contributed by atoms with Gasteiger partial charge in [0.05, 0.1) is 16.8 Å². The average molecular weight is 243 g/mol. The van der Waals surface area contributed by atoms with Gasteiger partial charge in [0.15, 0.2) is 0 Å². The normalized spacial score (nSPS) is 13.3. The number of hydrogen-bond donors (Lipinski definition) is 2. The van der Waals surface area contributed by atoms with E-state index in [1.807, 2.05) is 19.0 Å². The molecule has 1 heterocycles. The minimum absolute atomic E-state index is 0.320. The van der Waals surface area contributed by atoms with Gasteiger partial charge < -0.3 is 15.3 Å². The molecule has 92 valence electrons. The van der Waals surface area contributed by atoms with Gasteiger partial charge in [0.1, 0.15) is 0 Å². The van der Waals surface area contributed by atoms with Gasteiger partial charge in [0, 0.05) is 25.0 Å². The van der Waals surface area contributed by atoms with Crippen LogP contribution in [-0.2, 0) is 13.0 Å². The molecule has 1 aromatic heterocycles. The first-order valence-corrected chi connectivity index (χ1v) is 6.46. The van der Waals surface area contributed by atoms with Crippen LogP contribution in [0, 0.1) is 0 Å². The van der Waals surface area contributed by atoms with Crippen LogP contribution in [0.25, 0.3) is 0 Å². The Morgan fingerprint density at radius 2 is 2.31 bits per heavy atom. The maximum Gasteiger partial charge on any atom is 0.0926 e. The van der Waals surface area contributed by atoms with E-state index in [-0.39, 0.29) is 6.10 Å². The van der Waals surface area contributed by atoms with Crippen molar-refractivity contribution in [3.05, 3.63) is 16.1 Å². The number of likely N-dealkylation sites (N-methyl/N-ethyl adjacent to an activating group) is 1. The highest BCUT2D eigenvalue weighted by atomic mass is 32.1. The molecule has 2 N–H and O–H groups in total. The fourth-order valence-corrected chi connectivity index (χ4v) is 2.19. The SMILES string of the molecule is CCc1nc(CNCC(O)CN(C)C)cs1. The van der Waals surface area contributed by atoms with E-state index >= 15 is 0 Å². The summed E-state index contributed by atoms with van der Waals surface area (Å²) in [6, 6.07) is 0. The molecule has 0 amide bonds. The summed E-state index contributed by atoms with van der Waals surface area (Å²) >= 11 is 1.70. The monoisotopic (exact) mass is 243 g/mol. The fraction of sp³-hybridized carbons (Fsp3) is 0.727. The highest BCUT2D eigenvalue weighted by Gasteiger charge is 2.05. The van der Waals surface area contributed by atoms with Gasteiger partial charge in [-0.3, -0.25) is 0 Å². The predicted molar refractivity (Wildman–Crippen MR) is 67.8 cm³/mol. The largest absolute Gasteiger partial charge is 0.390 e. The second kappa shape index (κ2) is 6.96. The molecule has 1 rings (SSSR count). The lowest BCUT2D eigenvalue weighted by Crippen LogP contribution is -2.34. The minimum Gasteiger partial charge on any atom is -0.390 e. The summed E-state index contributed by atoms with van der Waals surface area (Å²) in [7, 11) is 3.91. The number of nitrogens with one attached hydrogen (secondary N) is 1. The van der Waals surface area contributed by atoms with Crippen molar-refractivity contribution in [2.75, 3.05) is 27.2 Å². The zero-order valence-electron chi connectivity index (χ0n) is 10.2. The predicted octanol–water partition coefficient (Wildman–Crippen LogP) is 0.718. The Morgan fingerprint density at radius 1 is 1.56 bits per heavy atom. The van der Waals surface area contributed by atoms with E-state index in [9.17, 15) is 5.11 Å². The highest BCUT2D eigenvalue weighted by Crippen LogP contribution is 2.09. The van der Waals surface area contributed by atoms with Crippen LogP contribution < -0.4 is 5.32 Å². The van der Waals surface area contributed by atoms with Crippen molar-refractivity contribution < 1.29 is 5.11 Å². The van der Waals surface area contributed by atoms with Crippen molar-refractivity contribution in [1.82, 2.24) is 15.2 Å². The summed E-state index contributed by atoms with van der Waals surface area (Å²) in [6.07, 6.45) is 0.674. The number of aryl methyl sites for hydroxylation is 1. The molecular weight excluding hydrogens is 222 g/mol. The quantitative estimate of drug-likeness (QED) is 0.741. The molecule has 0 fully saturated rings. The van der Waals surface area contributed by atoms with Crippen LogP contribution >= 0.6 is 11.3 Å². The Morgan fingerprint density at radius 3 is 2.88 bits per heavy atom. The third-order valence-electron chi connectivity index (χ3n) is 2.16. The molecule has 1 atom stereocenters. The number of rotatable bonds is 7. The number of aliphatic hydroxyl groups is 1. The highest BCUT2D eigenvalue weighted by molar-refractivity contribution is 7.09. The third kappa shape index (κ3) is 5.03. The molecule has 0 aliphatic heterocycles. The van der Waals surface area contributed by atoms with Gasteiger partial charge in [-0.05, 0) is 20.5 Å². The number of hydrogen-bond acceptors (Lipinski definition) is 5.